The Morgan fingerprint density at radius 1 is 0.276 bits per heavy atom. The number of esters is 3. The van der Waals surface area contributed by atoms with E-state index in [9.17, 15) is 14.4 Å². The fourth-order valence-electron chi connectivity index (χ4n) is 8.20. The lowest BCUT2D eigenvalue weighted by molar-refractivity contribution is -0.167. The van der Waals surface area contributed by atoms with Crippen LogP contribution in [0.4, 0.5) is 0 Å². The van der Waals surface area contributed by atoms with E-state index in [2.05, 4.69) is 154 Å². The molecule has 76 heavy (non-hydrogen) atoms. The van der Waals surface area contributed by atoms with Crippen LogP contribution in [0.5, 0.6) is 0 Å². The third-order valence-electron chi connectivity index (χ3n) is 12.8. The molecule has 0 fully saturated rings. The third-order valence-corrected chi connectivity index (χ3v) is 12.8. The molecule has 0 radical (unpaired) electrons. The molecular weight excluding hydrogens is 937 g/mol. The topological polar surface area (TPSA) is 78.9 Å². The molecule has 0 saturated carbocycles. The summed E-state index contributed by atoms with van der Waals surface area (Å²) in [5.41, 5.74) is 0. The Morgan fingerprint density at radius 3 is 0.868 bits per heavy atom. The van der Waals surface area contributed by atoms with Crippen molar-refractivity contribution in [1.29, 1.82) is 0 Å². The lowest BCUT2D eigenvalue weighted by Gasteiger charge is -2.18. The Hall–Kier alpha value is -4.45. The Bertz CT molecular complexity index is 1630. The highest BCUT2D eigenvalue weighted by atomic mass is 16.6. The van der Waals surface area contributed by atoms with Crippen LogP contribution < -0.4 is 0 Å². The monoisotopic (exact) mass is 1050 g/mol. The van der Waals surface area contributed by atoms with Crippen LogP contribution in [-0.2, 0) is 28.6 Å². The molecule has 430 valence electrons. The van der Waals surface area contributed by atoms with Gasteiger partial charge in [-0.15, -0.1) is 0 Å². The Labute approximate surface area is 468 Å². The van der Waals surface area contributed by atoms with Gasteiger partial charge >= 0.3 is 17.9 Å². The minimum absolute atomic E-state index is 0.0980. The summed E-state index contributed by atoms with van der Waals surface area (Å²) in [6.45, 7) is 6.42. The van der Waals surface area contributed by atoms with Crippen LogP contribution in [-0.4, -0.2) is 37.2 Å². The second-order valence-electron chi connectivity index (χ2n) is 20.2. The third kappa shape index (κ3) is 60.4. The minimum atomic E-state index is -0.802. The van der Waals surface area contributed by atoms with Gasteiger partial charge in [-0.25, -0.2) is 0 Å². The van der Waals surface area contributed by atoms with Crippen molar-refractivity contribution < 1.29 is 28.6 Å². The number of hydrogen-bond acceptors (Lipinski definition) is 6. The molecule has 1 atom stereocenters. The van der Waals surface area contributed by atoms with Crippen LogP contribution in [0.1, 0.15) is 271 Å². The van der Waals surface area contributed by atoms with Crippen LogP contribution in [0.3, 0.4) is 0 Å². The highest BCUT2D eigenvalue weighted by Crippen LogP contribution is 2.14. The molecule has 0 aromatic carbocycles. The predicted molar refractivity (Wildman–Crippen MR) is 329 cm³/mol. The van der Waals surface area contributed by atoms with Gasteiger partial charge in [0.15, 0.2) is 6.10 Å². The maximum atomic E-state index is 12.9. The van der Waals surface area contributed by atoms with E-state index in [1.807, 2.05) is 0 Å². The summed E-state index contributed by atoms with van der Waals surface area (Å²) in [5.74, 6) is -0.942. The molecule has 0 aliphatic carbocycles. The highest BCUT2D eigenvalue weighted by Gasteiger charge is 2.19. The molecule has 0 heterocycles. The first kappa shape index (κ1) is 71.5. The summed E-state index contributed by atoms with van der Waals surface area (Å²) in [4.78, 5) is 38.2. The van der Waals surface area contributed by atoms with E-state index >= 15 is 0 Å². The summed E-state index contributed by atoms with van der Waals surface area (Å²) < 4.78 is 16.8. The second-order valence-corrected chi connectivity index (χ2v) is 20.2. The zero-order valence-corrected chi connectivity index (χ0v) is 49.2. The van der Waals surface area contributed by atoms with E-state index in [1.54, 1.807) is 0 Å². The van der Waals surface area contributed by atoms with Gasteiger partial charge in [0, 0.05) is 19.3 Å². The summed E-state index contributed by atoms with van der Waals surface area (Å²) in [7, 11) is 0. The van der Waals surface area contributed by atoms with Crippen molar-refractivity contribution in [3.63, 3.8) is 0 Å². The van der Waals surface area contributed by atoms with Gasteiger partial charge in [-0.2, -0.15) is 0 Å². The number of allylic oxidation sites excluding steroid dienone is 22. The number of rotatable bonds is 55. The van der Waals surface area contributed by atoms with Crippen LogP contribution in [0.15, 0.2) is 134 Å². The Balaban J connectivity index is 4.37. The standard InChI is InChI=1S/C70H114O6/c1-4-7-10-13-16-19-22-24-26-28-30-32-33-34-35-36-37-39-40-42-44-46-48-51-54-57-60-63-69(72)75-66-67(65-74-68(71)62-59-56-53-50-21-18-15-12-9-6-3)76-70(73)64-61-58-55-52-49-47-45-43-41-38-31-29-27-25-23-20-17-14-11-8-5-2/h7,10,12,15-16,19,23-26,29-32,34-35,37,39,41-44,67H,4-6,8-9,11,13-14,17-18,20-22,27-28,33,36,38,40,45-66H2,1-3H3/b10-7-,15-12-,19-16-,25-23-,26-24-,31-29-,32-30-,35-34-,39-37-,43-41-,44-42-. The van der Waals surface area contributed by atoms with Crippen LogP contribution in [0.2, 0.25) is 0 Å². The van der Waals surface area contributed by atoms with Crippen LogP contribution in [0, 0.1) is 0 Å². The van der Waals surface area contributed by atoms with Crippen LogP contribution in [0.25, 0.3) is 0 Å². The van der Waals surface area contributed by atoms with Crippen LogP contribution >= 0.6 is 0 Å². The summed E-state index contributed by atoms with van der Waals surface area (Å²) >= 11 is 0. The van der Waals surface area contributed by atoms with Gasteiger partial charge in [0.05, 0.1) is 0 Å². The second kappa shape index (κ2) is 63.1. The number of ether oxygens (including phenoxy) is 3. The lowest BCUT2D eigenvalue weighted by Crippen LogP contribution is -2.30. The molecule has 6 nitrogen and oxygen atoms in total. The van der Waals surface area contributed by atoms with Crippen molar-refractivity contribution in [3.8, 4) is 0 Å². The first-order valence-electron chi connectivity index (χ1n) is 31.2. The number of hydrogen-bond donors (Lipinski definition) is 0. The van der Waals surface area contributed by atoms with Gasteiger partial charge in [0.1, 0.15) is 13.2 Å². The number of carbonyl (C=O) groups is 3. The molecule has 6 heteroatoms. The van der Waals surface area contributed by atoms with Crippen molar-refractivity contribution in [3.05, 3.63) is 134 Å². The van der Waals surface area contributed by atoms with Gasteiger partial charge in [0.2, 0.25) is 0 Å². The molecule has 0 saturated heterocycles. The molecule has 0 aliphatic heterocycles. The van der Waals surface area contributed by atoms with Gasteiger partial charge in [0.25, 0.3) is 0 Å². The zero-order chi connectivity index (χ0) is 55.0. The van der Waals surface area contributed by atoms with Gasteiger partial charge in [-0.05, 0) is 135 Å². The summed E-state index contributed by atoms with van der Waals surface area (Å²) in [6.07, 6.45) is 88.8. The summed E-state index contributed by atoms with van der Waals surface area (Å²) in [6, 6.07) is 0. The first-order chi connectivity index (χ1) is 37.5. The van der Waals surface area contributed by atoms with Gasteiger partial charge in [-0.1, -0.05) is 251 Å². The van der Waals surface area contributed by atoms with Crippen molar-refractivity contribution in [2.24, 2.45) is 0 Å². The Morgan fingerprint density at radius 2 is 0.539 bits per heavy atom. The maximum absolute atomic E-state index is 12.9. The number of carbonyl (C=O) groups excluding carboxylic acids is 3. The van der Waals surface area contributed by atoms with Crippen molar-refractivity contribution in [2.45, 2.75) is 277 Å². The van der Waals surface area contributed by atoms with Gasteiger partial charge < -0.3 is 14.2 Å². The van der Waals surface area contributed by atoms with E-state index in [0.717, 1.165) is 167 Å². The molecule has 0 aromatic rings. The van der Waals surface area contributed by atoms with Crippen molar-refractivity contribution in [2.75, 3.05) is 13.2 Å². The normalized spacial score (nSPS) is 13.0. The molecule has 0 spiro atoms. The molecule has 0 aliphatic rings. The smallest absolute Gasteiger partial charge is 0.306 e. The molecule has 1 unspecified atom stereocenters. The molecule has 0 amide bonds. The van der Waals surface area contributed by atoms with E-state index in [1.165, 1.54) is 64.2 Å². The average Bonchev–Trinajstić information content (AvgIpc) is 3.42. The Kier molecular flexibility index (Phi) is 59.4. The van der Waals surface area contributed by atoms with E-state index in [-0.39, 0.29) is 31.1 Å². The molecule has 0 bridgehead atoms. The zero-order valence-electron chi connectivity index (χ0n) is 49.2. The minimum Gasteiger partial charge on any atom is -0.462 e. The lowest BCUT2D eigenvalue weighted by atomic mass is 10.1. The fourth-order valence-corrected chi connectivity index (χ4v) is 8.20. The average molecular weight is 1050 g/mol. The first-order valence-corrected chi connectivity index (χ1v) is 31.2. The van der Waals surface area contributed by atoms with Gasteiger partial charge in [-0.3, -0.25) is 14.4 Å². The largest absolute Gasteiger partial charge is 0.462 e. The quantitative estimate of drug-likeness (QED) is 0.0261. The molecule has 0 N–H and O–H groups in total. The van der Waals surface area contributed by atoms with Crippen molar-refractivity contribution >= 4 is 17.9 Å². The highest BCUT2D eigenvalue weighted by molar-refractivity contribution is 5.71. The van der Waals surface area contributed by atoms with E-state index < -0.39 is 6.10 Å². The SMILES string of the molecule is CC/C=C\C/C=C\C/C=C\C/C=C\C/C=C\C/C=C\C/C=C\CCCCCCCC(=O)OCC(COC(=O)CCCCCCC/C=C\CCC)OC(=O)CCCCCCCC/C=C\C/C=C\C/C=C\CCCCCCC. The van der Waals surface area contributed by atoms with E-state index in [0.29, 0.717) is 19.3 Å². The van der Waals surface area contributed by atoms with Crippen molar-refractivity contribution in [1.82, 2.24) is 0 Å². The van der Waals surface area contributed by atoms with E-state index in [4.69, 9.17) is 14.2 Å². The predicted octanol–water partition coefficient (Wildman–Crippen LogP) is 21.4. The molecule has 0 aromatic heterocycles. The number of unbranched alkanes of at least 4 members (excludes halogenated alkanes) is 22. The molecular formula is C70H114O6. The fraction of sp³-hybridized carbons (Fsp3) is 0.643. The molecule has 0 rings (SSSR count). The summed E-state index contributed by atoms with van der Waals surface area (Å²) in [5, 5.41) is 0. The maximum Gasteiger partial charge on any atom is 0.306 e.